The van der Waals surface area contributed by atoms with Crippen molar-refractivity contribution in [1.29, 1.82) is 0 Å². The summed E-state index contributed by atoms with van der Waals surface area (Å²) in [6.07, 6.45) is 1.40. The van der Waals surface area contributed by atoms with Crippen molar-refractivity contribution in [2.75, 3.05) is 12.4 Å². The molecule has 0 radical (unpaired) electrons. The summed E-state index contributed by atoms with van der Waals surface area (Å²) < 4.78 is 37.6. The summed E-state index contributed by atoms with van der Waals surface area (Å²) in [6, 6.07) is 7.89. The molecule has 8 heteroatoms. The van der Waals surface area contributed by atoms with Crippen LogP contribution in [0.1, 0.15) is 12.5 Å². The van der Waals surface area contributed by atoms with Crippen molar-refractivity contribution >= 4 is 39.6 Å². The fourth-order valence-electron chi connectivity index (χ4n) is 2.09. The van der Waals surface area contributed by atoms with E-state index in [0.717, 1.165) is 28.7 Å². The SMILES string of the molecule is COc1ccc(Br)cc1/C=C/C(=O)OC(C)C(=O)Nc1cc(F)ccc1F. The number of carbonyl (C=O) groups is 2. The first-order valence-corrected chi connectivity index (χ1v) is 8.57. The second-order valence-corrected chi connectivity index (χ2v) is 6.33. The number of hydrogen-bond donors (Lipinski definition) is 1. The monoisotopic (exact) mass is 439 g/mol. The van der Waals surface area contributed by atoms with Gasteiger partial charge in [-0.25, -0.2) is 13.6 Å². The lowest BCUT2D eigenvalue weighted by Gasteiger charge is -2.13. The van der Waals surface area contributed by atoms with E-state index in [9.17, 15) is 18.4 Å². The molecule has 0 saturated heterocycles. The molecule has 0 bridgehead atoms. The number of benzene rings is 2. The maximum Gasteiger partial charge on any atom is 0.331 e. The van der Waals surface area contributed by atoms with Crippen molar-refractivity contribution in [3.8, 4) is 5.75 Å². The fraction of sp³-hybridized carbons (Fsp3) is 0.158. The van der Waals surface area contributed by atoms with Crippen molar-refractivity contribution in [1.82, 2.24) is 0 Å². The van der Waals surface area contributed by atoms with Crippen LogP contribution in [0.3, 0.4) is 0 Å². The highest BCUT2D eigenvalue weighted by atomic mass is 79.9. The maximum atomic E-state index is 13.6. The minimum absolute atomic E-state index is 0.336. The average molecular weight is 440 g/mol. The summed E-state index contributed by atoms with van der Waals surface area (Å²) in [5.74, 6) is -2.53. The van der Waals surface area contributed by atoms with Crippen LogP contribution in [-0.4, -0.2) is 25.1 Å². The van der Waals surface area contributed by atoms with E-state index in [2.05, 4.69) is 21.2 Å². The van der Waals surface area contributed by atoms with Crippen LogP contribution in [0.4, 0.5) is 14.5 Å². The lowest BCUT2D eigenvalue weighted by Crippen LogP contribution is -2.29. The molecule has 0 spiro atoms. The number of ether oxygens (including phenoxy) is 2. The van der Waals surface area contributed by atoms with E-state index in [-0.39, 0.29) is 5.69 Å². The fourth-order valence-corrected chi connectivity index (χ4v) is 2.47. The second kappa shape index (κ2) is 9.27. The first-order chi connectivity index (χ1) is 12.8. The maximum absolute atomic E-state index is 13.6. The lowest BCUT2D eigenvalue weighted by molar-refractivity contribution is -0.148. The number of hydrogen-bond acceptors (Lipinski definition) is 4. The third-order valence-electron chi connectivity index (χ3n) is 3.44. The van der Waals surface area contributed by atoms with Crippen molar-refractivity contribution in [3.05, 3.63) is 64.1 Å². The van der Waals surface area contributed by atoms with Gasteiger partial charge in [-0.1, -0.05) is 15.9 Å². The van der Waals surface area contributed by atoms with E-state index in [4.69, 9.17) is 9.47 Å². The van der Waals surface area contributed by atoms with Crippen LogP contribution in [0.15, 0.2) is 46.9 Å². The summed E-state index contributed by atoms with van der Waals surface area (Å²) in [7, 11) is 1.50. The van der Waals surface area contributed by atoms with Gasteiger partial charge in [0.2, 0.25) is 0 Å². The molecule has 1 atom stereocenters. The van der Waals surface area contributed by atoms with E-state index in [1.54, 1.807) is 18.2 Å². The smallest absolute Gasteiger partial charge is 0.331 e. The Kier molecular flexibility index (Phi) is 7.06. The van der Waals surface area contributed by atoms with Crippen molar-refractivity contribution in [3.63, 3.8) is 0 Å². The molecule has 142 valence electrons. The predicted octanol–water partition coefficient (Wildman–Crippen LogP) is 4.32. The quantitative estimate of drug-likeness (QED) is 0.537. The zero-order valence-electron chi connectivity index (χ0n) is 14.5. The number of esters is 1. The molecule has 2 aromatic carbocycles. The Morgan fingerprint density at radius 1 is 1.19 bits per heavy atom. The van der Waals surface area contributed by atoms with Crippen LogP contribution in [0, 0.1) is 11.6 Å². The molecule has 2 rings (SSSR count). The van der Waals surface area contributed by atoms with Gasteiger partial charge in [0.1, 0.15) is 17.4 Å². The number of anilines is 1. The Hall–Kier alpha value is -2.74. The van der Waals surface area contributed by atoms with Crippen molar-refractivity contribution in [2.24, 2.45) is 0 Å². The summed E-state index contributed by atoms with van der Waals surface area (Å²) in [6.45, 7) is 1.32. The zero-order chi connectivity index (χ0) is 20.0. The summed E-state index contributed by atoms with van der Waals surface area (Å²) >= 11 is 3.32. The number of methoxy groups -OCH3 is 1. The molecule has 0 aliphatic carbocycles. The van der Waals surface area contributed by atoms with Crippen LogP contribution in [0.25, 0.3) is 6.08 Å². The molecule has 1 N–H and O–H groups in total. The van der Waals surface area contributed by atoms with Crippen LogP contribution in [0.2, 0.25) is 0 Å². The molecule has 0 aliphatic rings. The van der Waals surface area contributed by atoms with Crippen molar-refractivity contribution in [2.45, 2.75) is 13.0 Å². The van der Waals surface area contributed by atoms with Gasteiger partial charge in [-0.15, -0.1) is 0 Å². The van der Waals surface area contributed by atoms with E-state index in [1.807, 2.05) is 0 Å². The molecule has 0 saturated carbocycles. The number of nitrogens with one attached hydrogen (secondary N) is 1. The third kappa shape index (κ3) is 5.89. The largest absolute Gasteiger partial charge is 0.496 e. The van der Waals surface area contributed by atoms with Crippen molar-refractivity contribution < 1.29 is 27.8 Å². The Labute approximate surface area is 163 Å². The lowest BCUT2D eigenvalue weighted by atomic mass is 10.2. The molecule has 1 unspecified atom stereocenters. The summed E-state index contributed by atoms with van der Waals surface area (Å²) in [5, 5.41) is 2.17. The Morgan fingerprint density at radius 2 is 1.93 bits per heavy atom. The molecule has 2 aromatic rings. The minimum Gasteiger partial charge on any atom is -0.496 e. The topological polar surface area (TPSA) is 64.6 Å². The van der Waals surface area contributed by atoms with Crippen LogP contribution >= 0.6 is 15.9 Å². The average Bonchev–Trinajstić information content (AvgIpc) is 2.63. The third-order valence-corrected chi connectivity index (χ3v) is 3.93. The van der Waals surface area contributed by atoms with Gasteiger partial charge < -0.3 is 14.8 Å². The molecule has 5 nitrogen and oxygen atoms in total. The van der Waals surface area contributed by atoms with Gasteiger partial charge in [-0.05, 0) is 43.3 Å². The van der Waals surface area contributed by atoms with Gasteiger partial charge in [0.05, 0.1) is 12.8 Å². The van der Waals surface area contributed by atoms with Gasteiger partial charge in [0.25, 0.3) is 5.91 Å². The van der Waals surface area contributed by atoms with Gasteiger partial charge in [-0.2, -0.15) is 0 Å². The zero-order valence-corrected chi connectivity index (χ0v) is 16.0. The highest BCUT2D eigenvalue weighted by Crippen LogP contribution is 2.24. The van der Waals surface area contributed by atoms with E-state index >= 15 is 0 Å². The molecule has 1 amide bonds. The molecule has 0 heterocycles. The van der Waals surface area contributed by atoms with Crippen LogP contribution < -0.4 is 10.1 Å². The Morgan fingerprint density at radius 3 is 2.63 bits per heavy atom. The Balaban J connectivity index is 1.99. The summed E-state index contributed by atoms with van der Waals surface area (Å²) in [5.41, 5.74) is 0.292. The van der Waals surface area contributed by atoms with Crippen LogP contribution in [-0.2, 0) is 14.3 Å². The summed E-state index contributed by atoms with van der Waals surface area (Å²) in [4.78, 5) is 23.9. The number of amides is 1. The first kappa shape index (κ1) is 20.6. The Bertz CT molecular complexity index is 886. The van der Waals surface area contributed by atoms with Gasteiger partial charge in [0.15, 0.2) is 6.10 Å². The minimum atomic E-state index is -1.21. The number of carbonyl (C=O) groups excluding carboxylic acids is 2. The number of halogens is 3. The molecule has 0 fully saturated rings. The molecule has 0 aliphatic heterocycles. The second-order valence-electron chi connectivity index (χ2n) is 5.41. The molecular formula is C19H16BrF2NO4. The van der Waals surface area contributed by atoms with E-state index in [0.29, 0.717) is 11.3 Å². The van der Waals surface area contributed by atoms with Gasteiger partial charge in [-0.3, -0.25) is 4.79 Å². The standard InChI is InChI=1S/C19H16BrF2NO4/c1-11(19(25)23-16-10-14(21)5-6-15(16)22)27-18(24)8-3-12-9-13(20)4-7-17(12)26-2/h3-11H,1-2H3,(H,23,25)/b8-3+. The predicted molar refractivity (Wildman–Crippen MR) is 100 cm³/mol. The molecule has 27 heavy (non-hydrogen) atoms. The molecular weight excluding hydrogens is 424 g/mol. The highest BCUT2D eigenvalue weighted by Gasteiger charge is 2.18. The first-order valence-electron chi connectivity index (χ1n) is 7.78. The van der Waals surface area contributed by atoms with Gasteiger partial charge in [0, 0.05) is 22.2 Å². The van der Waals surface area contributed by atoms with Crippen LogP contribution in [0.5, 0.6) is 5.75 Å². The number of rotatable bonds is 6. The van der Waals surface area contributed by atoms with E-state index in [1.165, 1.54) is 20.1 Å². The van der Waals surface area contributed by atoms with E-state index < -0.39 is 29.6 Å². The highest BCUT2D eigenvalue weighted by molar-refractivity contribution is 9.10. The molecule has 0 aromatic heterocycles. The normalized spacial score (nSPS) is 11.9. The van der Waals surface area contributed by atoms with Gasteiger partial charge >= 0.3 is 5.97 Å².